The van der Waals surface area contributed by atoms with Crippen LogP contribution in [-0.2, 0) is 0 Å². The molecule has 39 heavy (non-hydrogen) atoms. The molecule has 4 aromatic carbocycles. The summed E-state index contributed by atoms with van der Waals surface area (Å²) >= 11 is 0. The van der Waals surface area contributed by atoms with Gasteiger partial charge >= 0.3 is 0 Å². The Bertz CT molecular complexity index is 1580. The maximum atomic E-state index is 14.2. The Morgan fingerprint density at radius 3 is 2.10 bits per heavy atom. The van der Waals surface area contributed by atoms with Crippen LogP contribution >= 0.6 is 0 Å². The third-order valence-electron chi connectivity index (χ3n) is 5.51. The highest BCUT2D eigenvalue weighted by Gasteiger charge is 2.24. The molecule has 0 fully saturated rings. The first kappa shape index (κ1) is 27.0. The summed E-state index contributed by atoms with van der Waals surface area (Å²) < 4.78 is 65.8. The molecule has 0 saturated carbocycles. The van der Waals surface area contributed by atoms with Crippen molar-refractivity contribution in [3.63, 3.8) is 0 Å². The highest BCUT2D eigenvalue weighted by molar-refractivity contribution is 6.07. The maximum Gasteiger partial charge on any atom is 0.258 e. The van der Waals surface area contributed by atoms with Crippen molar-refractivity contribution in [1.82, 2.24) is 0 Å². The molecule has 4 rings (SSSR count). The molecule has 7 nitrogen and oxygen atoms in total. The number of halogens is 4. The third-order valence-corrected chi connectivity index (χ3v) is 5.51. The predicted molar refractivity (Wildman–Crippen MR) is 135 cm³/mol. The summed E-state index contributed by atoms with van der Waals surface area (Å²) in [6.07, 6.45) is 0. The van der Waals surface area contributed by atoms with E-state index in [1.807, 2.05) is 0 Å². The van der Waals surface area contributed by atoms with Crippen molar-refractivity contribution in [2.24, 2.45) is 0 Å². The van der Waals surface area contributed by atoms with Crippen LogP contribution < -0.4 is 20.1 Å². The lowest BCUT2D eigenvalue weighted by atomic mass is 10.1. The van der Waals surface area contributed by atoms with Gasteiger partial charge in [0, 0.05) is 17.7 Å². The molecule has 4 aromatic rings. The number of carbonyl (C=O) groups excluding carboxylic acids is 2. The van der Waals surface area contributed by atoms with Crippen LogP contribution in [0.1, 0.15) is 26.3 Å². The fourth-order valence-corrected chi connectivity index (χ4v) is 3.53. The number of ether oxygens (including phenoxy) is 2. The van der Waals surface area contributed by atoms with E-state index in [1.165, 1.54) is 25.3 Å². The van der Waals surface area contributed by atoms with Gasteiger partial charge in [0.05, 0.1) is 24.0 Å². The Morgan fingerprint density at radius 2 is 1.44 bits per heavy atom. The highest BCUT2D eigenvalue weighted by atomic mass is 19.2. The molecule has 0 spiro atoms. The summed E-state index contributed by atoms with van der Waals surface area (Å²) in [5, 5.41) is 15.3. The number of hydrogen-bond donors (Lipinski definition) is 3. The number of phenols is 1. The SMILES string of the molecule is COc1ccc(Oc2cc(NC(=O)c3cccc(C)c3)c(O)cc2NC(=O)c2cc(F)c(F)c(F)c2F)cc1. The van der Waals surface area contributed by atoms with Crippen LogP contribution in [0.2, 0.25) is 0 Å². The molecule has 3 N–H and O–H groups in total. The molecular formula is C28H20F4N2O5. The molecule has 0 aromatic heterocycles. The number of benzene rings is 4. The fourth-order valence-electron chi connectivity index (χ4n) is 3.53. The lowest BCUT2D eigenvalue weighted by Gasteiger charge is -2.16. The molecule has 0 aliphatic carbocycles. The van der Waals surface area contributed by atoms with Crippen LogP contribution in [0.3, 0.4) is 0 Å². The average molecular weight is 540 g/mol. The van der Waals surface area contributed by atoms with Crippen molar-refractivity contribution >= 4 is 23.2 Å². The van der Waals surface area contributed by atoms with E-state index in [9.17, 15) is 32.3 Å². The molecule has 0 saturated heterocycles. The number of amides is 2. The van der Waals surface area contributed by atoms with E-state index in [4.69, 9.17) is 9.47 Å². The molecule has 200 valence electrons. The van der Waals surface area contributed by atoms with Gasteiger partial charge in [-0.3, -0.25) is 9.59 Å². The van der Waals surface area contributed by atoms with E-state index in [2.05, 4.69) is 10.6 Å². The number of rotatable bonds is 7. The van der Waals surface area contributed by atoms with Gasteiger partial charge in [0.2, 0.25) is 0 Å². The van der Waals surface area contributed by atoms with E-state index in [0.29, 0.717) is 11.3 Å². The summed E-state index contributed by atoms with van der Waals surface area (Å²) in [5.74, 6) is -9.74. The lowest BCUT2D eigenvalue weighted by Crippen LogP contribution is -2.17. The van der Waals surface area contributed by atoms with Crippen LogP contribution in [0.25, 0.3) is 0 Å². The molecule has 0 unspecified atom stereocenters. The smallest absolute Gasteiger partial charge is 0.258 e. The molecule has 2 amide bonds. The Hall–Kier alpha value is -5.06. The summed E-state index contributed by atoms with van der Waals surface area (Å²) in [7, 11) is 1.47. The van der Waals surface area contributed by atoms with Crippen molar-refractivity contribution in [2.45, 2.75) is 6.92 Å². The zero-order valence-electron chi connectivity index (χ0n) is 20.4. The number of hydrogen-bond acceptors (Lipinski definition) is 5. The summed E-state index contributed by atoms with van der Waals surface area (Å²) in [5.41, 5.74) is -0.354. The molecule has 0 aliphatic heterocycles. The van der Waals surface area contributed by atoms with Gasteiger partial charge in [-0.2, -0.15) is 0 Å². The first-order chi connectivity index (χ1) is 18.6. The van der Waals surface area contributed by atoms with Crippen LogP contribution in [-0.4, -0.2) is 24.0 Å². The second-order valence-corrected chi connectivity index (χ2v) is 8.27. The maximum absolute atomic E-state index is 14.2. The van der Waals surface area contributed by atoms with Crippen LogP contribution in [0, 0.1) is 30.2 Å². The molecule has 0 heterocycles. The first-order valence-electron chi connectivity index (χ1n) is 11.3. The van der Waals surface area contributed by atoms with Crippen molar-refractivity contribution in [3.05, 3.63) is 107 Å². The Balaban J connectivity index is 1.71. The zero-order valence-corrected chi connectivity index (χ0v) is 20.4. The normalized spacial score (nSPS) is 10.6. The quantitative estimate of drug-likeness (QED) is 0.107. The van der Waals surface area contributed by atoms with Crippen molar-refractivity contribution in [2.75, 3.05) is 17.7 Å². The monoisotopic (exact) mass is 540 g/mol. The van der Waals surface area contributed by atoms with Crippen LogP contribution in [0.15, 0.2) is 66.7 Å². The minimum Gasteiger partial charge on any atom is -0.506 e. The summed E-state index contributed by atoms with van der Waals surface area (Å²) in [6, 6.07) is 15.2. The van der Waals surface area contributed by atoms with Gasteiger partial charge in [0.15, 0.2) is 29.0 Å². The number of anilines is 2. The molecule has 11 heteroatoms. The number of carbonyl (C=O) groups is 2. The van der Waals surface area contributed by atoms with Gasteiger partial charge in [0.1, 0.15) is 17.2 Å². The van der Waals surface area contributed by atoms with E-state index in [1.54, 1.807) is 43.3 Å². The lowest BCUT2D eigenvalue weighted by molar-refractivity contribution is 0.101. The van der Waals surface area contributed by atoms with Crippen molar-refractivity contribution in [1.29, 1.82) is 0 Å². The van der Waals surface area contributed by atoms with Gasteiger partial charge in [-0.25, -0.2) is 17.6 Å². The minimum absolute atomic E-state index is 0.104. The van der Waals surface area contributed by atoms with E-state index < -0.39 is 46.4 Å². The average Bonchev–Trinajstić information content (AvgIpc) is 2.92. The minimum atomic E-state index is -2.16. The third kappa shape index (κ3) is 5.93. The fraction of sp³-hybridized carbons (Fsp3) is 0.0714. The Morgan fingerprint density at radius 1 is 0.769 bits per heavy atom. The van der Waals surface area contributed by atoms with E-state index in [-0.39, 0.29) is 28.9 Å². The first-order valence-corrected chi connectivity index (χ1v) is 11.3. The number of methoxy groups -OCH3 is 1. The van der Waals surface area contributed by atoms with Gasteiger partial charge in [0.25, 0.3) is 11.8 Å². The van der Waals surface area contributed by atoms with Crippen molar-refractivity contribution < 1.29 is 41.7 Å². The second kappa shape index (κ2) is 11.1. The Kier molecular flexibility index (Phi) is 7.70. The van der Waals surface area contributed by atoms with Crippen molar-refractivity contribution in [3.8, 4) is 23.0 Å². The predicted octanol–water partition coefficient (Wildman–Crippen LogP) is 6.56. The van der Waals surface area contributed by atoms with E-state index in [0.717, 1.165) is 11.6 Å². The standard InChI is InChI=1S/C28H20F4N2O5/c1-14-4-3-5-15(10-14)27(36)33-20-13-23(39-17-8-6-16(38-2)7-9-17)21(12-22(20)35)34-28(37)18-11-19(29)25(31)26(32)24(18)30/h3-13,35H,1-2H3,(H,33,36)(H,34,37). The number of aromatic hydroxyl groups is 1. The largest absolute Gasteiger partial charge is 0.506 e. The van der Waals surface area contributed by atoms with Gasteiger partial charge in [-0.05, 0) is 49.4 Å². The zero-order chi connectivity index (χ0) is 28.3. The van der Waals surface area contributed by atoms with E-state index >= 15 is 0 Å². The van der Waals surface area contributed by atoms with Crippen LogP contribution in [0.4, 0.5) is 28.9 Å². The van der Waals surface area contributed by atoms with Crippen LogP contribution in [0.5, 0.6) is 23.0 Å². The molecule has 0 radical (unpaired) electrons. The second-order valence-electron chi connectivity index (χ2n) is 8.27. The van der Waals surface area contributed by atoms with Gasteiger partial charge in [-0.1, -0.05) is 17.7 Å². The number of aryl methyl sites for hydroxylation is 1. The van der Waals surface area contributed by atoms with Gasteiger partial charge in [-0.15, -0.1) is 0 Å². The topological polar surface area (TPSA) is 96.9 Å². The number of nitrogens with one attached hydrogen (secondary N) is 2. The summed E-state index contributed by atoms with van der Waals surface area (Å²) in [4.78, 5) is 25.4. The molecule has 0 atom stereocenters. The Labute approximate surface area is 219 Å². The molecule has 0 bridgehead atoms. The number of phenolic OH excluding ortho intramolecular Hbond substituents is 1. The van der Waals surface area contributed by atoms with Gasteiger partial charge < -0.3 is 25.2 Å². The summed E-state index contributed by atoms with van der Waals surface area (Å²) in [6.45, 7) is 1.80. The highest BCUT2D eigenvalue weighted by Crippen LogP contribution is 2.39. The molecule has 0 aliphatic rings. The molecular weight excluding hydrogens is 520 g/mol.